The lowest BCUT2D eigenvalue weighted by Crippen LogP contribution is -1.96. The molecule has 2 heterocycles. The van der Waals surface area contributed by atoms with E-state index < -0.39 is 0 Å². The van der Waals surface area contributed by atoms with Crippen LogP contribution < -0.4 is 0 Å². The molecule has 2 fully saturated rings. The Morgan fingerprint density at radius 2 is 2.38 bits per heavy atom. The van der Waals surface area contributed by atoms with Gasteiger partial charge in [0.25, 0.3) is 0 Å². The Balaban J connectivity index is 1.86. The molecule has 1 radical (unpaired) electrons. The first-order chi connectivity index (χ1) is 3.97. The second-order valence-electron chi connectivity index (χ2n) is 1.99. The molecule has 2 nitrogen and oxygen atoms in total. The Bertz CT molecular complexity index is 86.4. The third-order valence-electron chi connectivity index (χ3n) is 1.37. The Hall–Kier alpha value is 0.270. The van der Waals surface area contributed by atoms with Gasteiger partial charge in [-0.2, -0.15) is 21.5 Å². The van der Waals surface area contributed by atoms with Gasteiger partial charge < -0.3 is 0 Å². The molecule has 3 heteroatoms. The van der Waals surface area contributed by atoms with E-state index in [9.17, 15) is 0 Å². The Morgan fingerprint density at radius 1 is 1.50 bits per heavy atom. The summed E-state index contributed by atoms with van der Waals surface area (Å²) in [6.07, 6.45) is 3.40. The molecule has 2 aliphatic heterocycles. The van der Waals surface area contributed by atoms with E-state index in [-0.39, 0.29) is 0 Å². The second kappa shape index (κ2) is 1.90. The van der Waals surface area contributed by atoms with Crippen molar-refractivity contribution in [1.29, 1.82) is 0 Å². The van der Waals surface area contributed by atoms with Crippen LogP contribution in [-0.2, 0) is 9.78 Å². The number of hydrogen-bond donors (Lipinski definition) is 0. The van der Waals surface area contributed by atoms with Crippen molar-refractivity contribution < 1.29 is 9.78 Å². The maximum absolute atomic E-state index is 4.59. The topological polar surface area (TPSA) is 25.1 Å². The SMILES string of the molecule is C1CSC([C]2OO2)C1. The molecule has 0 aromatic rings. The van der Waals surface area contributed by atoms with Crippen LogP contribution in [0.25, 0.3) is 0 Å². The molecule has 2 aliphatic rings. The molecule has 8 heavy (non-hydrogen) atoms. The summed E-state index contributed by atoms with van der Waals surface area (Å²) in [5, 5.41) is 0.565. The summed E-state index contributed by atoms with van der Waals surface area (Å²) in [5.41, 5.74) is 0. The highest BCUT2D eigenvalue weighted by atomic mass is 32.2. The van der Waals surface area contributed by atoms with Gasteiger partial charge in [-0.25, -0.2) is 0 Å². The van der Waals surface area contributed by atoms with Crippen LogP contribution in [-0.4, -0.2) is 11.0 Å². The summed E-state index contributed by atoms with van der Waals surface area (Å²) < 4.78 is 0. The van der Waals surface area contributed by atoms with Crippen molar-refractivity contribution in [2.45, 2.75) is 18.1 Å². The van der Waals surface area contributed by atoms with Crippen molar-refractivity contribution in [3.63, 3.8) is 0 Å². The summed E-state index contributed by atoms with van der Waals surface area (Å²) in [5.74, 6) is 1.26. The molecule has 0 aromatic heterocycles. The monoisotopic (exact) mass is 131 g/mol. The lowest BCUT2D eigenvalue weighted by molar-refractivity contribution is 0.0850. The Kier molecular flexibility index (Phi) is 1.21. The molecule has 2 rings (SSSR count). The van der Waals surface area contributed by atoms with Crippen LogP contribution in [0.1, 0.15) is 12.8 Å². The number of thioether (sulfide) groups is 1. The number of rotatable bonds is 1. The van der Waals surface area contributed by atoms with Crippen molar-refractivity contribution in [3.05, 3.63) is 6.29 Å². The van der Waals surface area contributed by atoms with Crippen LogP contribution in [0.15, 0.2) is 0 Å². The van der Waals surface area contributed by atoms with E-state index in [0.29, 0.717) is 5.25 Å². The van der Waals surface area contributed by atoms with E-state index in [0.717, 1.165) is 6.29 Å². The largest absolute Gasteiger partial charge is 0.305 e. The van der Waals surface area contributed by atoms with Gasteiger partial charge >= 0.3 is 6.29 Å². The van der Waals surface area contributed by atoms with E-state index in [1.807, 2.05) is 11.8 Å². The molecule has 0 bridgehead atoms. The molecule has 0 amide bonds. The molecule has 0 aromatic carbocycles. The Labute approximate surface area is 52.5 Å². The van der Waals surface area contributed by atoms with E-state index in [2.05, 4.69) is 9.78 Å². The minimum absolute atomic E-state index is 0.565. The maximum atomic E-state index is 4.59. The molecular formula is C5H7O2S. The highest BCUT2D eigenvalue weighted by molar-refractivity contribution is 8.00. The fraction of sp³-hybridized carbons (Fsp3) is 0.800. The van der Waals surface area contributed by atoms with Gasteiger partial charge in [0.2, 0.25) is 0 Å². The van der Waals surface area contributed by atoms with Gasteiger partial charge in [-0.3, -0.25) is 0 Å². The van der Waals surface area contributed by atoms with Gasteiger partial charge in [0.1, 0.15) is 0 Å². The van der Waals surface area contributed by atoms with Gasteiger partial charge in [-0.15, -0.1) is 0 Å². The molecule has 0 saturated carbocycles. The lowest BCUT2D eigenvalue weighted by atomic mass is 10.2. The summed E-state index contributed by atoms with van der Waals surface area (Å²) in [6.45, 7) is 0. The molecule has 1 atom stereocenters. The molecule has 0 spiro atoms. The van der Waals surface area contributed by atoms with Crippen LogP contribution in [0.3, 0.4) is 0 Å². The highest BCUT2D eigenvalue weighted by Crippen LogP contribution is 2.41. The first-order valence-corrected chi connectivity index (χ1v) is 3.84. The predicted octanol–water partition coefficient (Wildman–Crippen LogP) is 1.33. The minimum atomic E-state index is 0.565. The van der Waals surface area contributed by atoms with Crippen molar-refractivity contribution in [3.8, 4) is 0 Å². The van der Waals surface area contributed by atoms with Crippen molar-refractivity contribution in [2.75, 3.05) is 5.75 Å². The third-order valence-corrected chi connectivity index (χ3v) is 2.73. The second-order valence-corrected chi connectivity index (χ2v) is 3.30. The van der Waals surface area contributed by atoms with E-state index >= 15 is 0 Å². The van der Waals surface area contributed by atoms with Crippen LogP contribution in [0.2, 0.25) is 0 Å². The number of hydrogen-bond acceptors (Lipinski definition) is 3. The quantitative estimate of drug-likeness (QED) is 0.396. The summed E-state index contributed by atoms with van der Waals surface area (Å²) in [7, 11) is 0. The summed E-state index contributed by atoms with van der Waals surface area (Å²) in [6, 6.07) is 0. The van der Waals surface area contributed by atoms with Gasteiger partial charge in [0.05, 0.1) is 5.25 Å². The van der Waals surface area contributed by atoms with Crippen molar-refractivity contribution >= 4 is 11.8 Å². The van der Waals surface area contributed by atoms with Crippen LogP contribution in [0.5, 0.6) is 0 Å². The highest BCUT2D eigenvalue weighted by Gasteiger charge is 2.40. The first kappa shape index (κ1) is 5.09. The van der Waals surface area contributed by atoms with Gasteiger partial charge in [-0.1, -0.05) is 0 Å². The molecule has 1 unspecified atom stereocenters. The average Bonchev–Trinajstić information content (AvgIpc) is 2.49. The van der Waals surface area contributed by atoms with E-state index in [1.165, 1.54) is 18.6 Å². The molecular weight excluding hydrogens is 124 g/mol. The smallest absolute Gasteiger partial charge is 0.187 e. The first-order valence-electron chi connectivity index (χ1n) is 2.80. The lowest BCUT2D eigenvalue weighted by Gasteiger charge is -1.93. The third kappa shape index (κ3) is 0.855. The standard InChI is InChI=1S/C5H7O2S/c1-2-4(8-3-1)5-6-7-5/h4H,1-3H2. The molecule has 45 valence electrons. The van der Waals surface area contributed by atoms with Crippen molar-refractivity contribution in [2.24, 2.45) is 0 Å². The summed E-state index contributed by atoms with van der Waals surface area (Å²) in [4.78, 5) is 9.18. The zero-order chi connectivity index (χ0) is 5.40. The zero-order valence-corrected chi connectivity index (χ0v) is 5.24. The average molecular weight is 131 g/mol. The fourth-order valence-corrected chi connectivity index (χ4v) is 2.06. The summed E-state index contributed by atoms with van der Waals surface area (Å²) >= 11 is 1.93. The van der Waals surface area contributed by atoms with E-state index in [4.69, 9.17) is 0 Å². The normalized spacial score (nSPS) is 38.2. The zero-order valence-electron chi connectivity index (χ0n) is 4.42. The fourth-order valence-electron chi connectivity index (χ4n) is 0.895. The van der Waals surface area contributed by atoms with Gasteiger partial charge in [0.15, 0.2) is 0 Å². The van der Waals surface area contributed by atoms with Gasteiger partial charge in [-0.05, 0) is 18.6 Å². The van der Waals surface area contributed by atoms with Crippen LogP contribution >= 0.6 is 11.8 Å². The molecule has 0 N–H and O–H groups in total. The van der Waals surface area contributed by atoms with Crippen molar-refractivity contribution in [1.82, 2.24) is 0 Å². The Morgan fingerprint density at radius 3 is 2.88 bits per heavy atom. The van der Waals surface area contributed by atoms with E-state index in [1.54, 1.807) is 0 Å². The minimum Gasteiger partial charge on any atom is -0.187 e. The molecule has 0 aliphatic carbocycles. The van der Waals surface area contributed by atoms with Crippen LogP contribution in [0, 0.1) is 6.29 Å². The predicted molar refractivity (Wildman–Crippen MR) is 30.9 cm³/mol. The maximum Gasteiger partial charge on any atom is 0.305 e. The van der Waals surface area contributed by atoms with Gasteiger partial charge in [0, 0.05) is 0 Å². The molecule has 2 saturated heterocycles. The van der Waals surface area contributed by atoms with Crippen LogP contribution in [0.4, 0.5) is 0 Å².